The Morgan fingerprint density at radius 3 is 2.62 bits per heavy atom. The molecule has 3 aromatic rings. The second-order valence-electron chi connectivity index (χ2n) is 5.37. The fraction of sp³-hybridized carbons (Fsp3) is 0.235. The first-order valence-corrected chi connectivity index (χ1v) is 7.29. The summed E-state index contributed by atoms with van der Waals surface area (Å²) >= 11 is 6.23. The van der Waals surface area contributed by atoms with E-state index in [2.05, 4.69) is 31.0 Å². The van der Waals surface area contributed by atoms with Gasteiger partial charge in [-0.1, -0.05) is 23.7 Å². The minimum Gasteiger partial charge on any atom is -0.387 e. The number of hydrogen-bond donors (Lipinski definition) is 1. The van der Waals surface area contributed by atoms with Gasteiger partial charge in [0, 0.05) is 11.8 Å². The molecule has 0 aliphatic carbocycles. The Bertz CT molecular complexity index is 821. The lowest BCUT2D eigenvalue weighted by Gasteiger charge is -2.09. The van der Waals surface area contributed by atoms with Crippen molar-refractivity contribution in [1.82, 2.24) is 9.38 Å². The molecule has 21 heavy (non-hydrogen) atoms. The molecule has 0 saturated heterocycles. The predicted octanol–water partition coefficient (Wildman–Crippen LogP) is 4.32. The Kier molecular flexibility index (Phi) is 3.47. The molecule has 0 aliphatic heterocycles. The molecule has 1 unspecified atom stereocenters. The van der Waals surface area contributed by atoms with E-state index in [1.807, 2.05) is 22.7 Å². The summed E-state index contributed by atoms with van der Waals surface area (Å²) in [5, 5.41) is 10.7. The van der Waals surface area contributed by atoms with Gasteiger partial charge in [-0.25, -0.2) is 4.98 Å². The van der Waals surface area contributed by atoms with E-state index in [1.54, 1.807) is 13.0 Å². The van der Waals surface area contributed by atoms with Crippen LogP contribution in [0.3, 0.4) is 0 Å². The summed E-state index contributed by atoms with van der Waals surface area (Å²) < 4.78 is 1.86. The van der Waals surface area contributed by atoms with E-state index >= 15 is 0 Å². The van der Waals surface area contributed by atoms with Gasteiger partial charge in [0.2, 0.25) is 0 Å². The molecule has 2 aromatic heterocycles. The molecule has 4 heteroatoms. The molecule has 0 radical (unpaired) electrons. The lowest BCUT2D eigenvalue weighted by Crippen LogP contribution is -1.99. The van der Waals surface area contributed by atoms with Gasteiger partial charge in [-0.3, -0.25) is 4.40 Å². The summed E-state index contributed by atoms with van der Waals surface area (Å²) in [5.41, 5.74) is 5.64. The molecular weight excluding hydrogens is 284 g/mol. The average Bonchev–Trinajstić information content (AvgIpc) is 2.83. The topological polar surface area (TPSA) is 37.5 Å². The Balaban J connectivity index is 2.33. The zero-order valence-corrected chi connectivity index (χ0v) is 13.0. The van der Waals surface area contributed by atoms with Gasteiger partial charge < -0.3 is 5.11 Å². The summed E-state index contributed by atoms with van der Waals surface area (Å²) in [6.45, 7) is 5.90. The summed E-state index contributed by atoms with van der Waals surface area (Å²) in [6, 6.07) is 9.86. The highest BCUT2D eigenvalue weighted by Crippen LogP contribution is 2.32. The normalized spacial score (nSPS) is 12.8. The molecule has 3 rings (SSSR count). The van der Waals surface area contributed by atoms with Crippen LogP contribution in [0.5, 0.6) is 0 Å². The first kappa shape index (κ1) is 14.1. The van der Waals surface area contributed by atoms with Crippen molar-refractivity contribution in [2.75, 3.05) is 0 Å². The first-order valence-electron chi connectivity index (χ1n) is 6.91. The second-order valence-corrected chi connectivity index (χ2v) is 5.78. The fourth-order valence-corrected chi connectivity index (χ4v) is 2.76. The summed E-state index contributed by atoms with van der Waals surface area (Å²) in [6.07, 6.45) is 1.25. The minimum absolute atomic E-state index is 0.578. The number of halogens is 1. The van der Waals surface area contributed by atoms with E-state index in [0.717, 1.165) is 17.0 Å². The van der Waals surface area contributed by atoms with E-state index in [4.69, 9.17) is 11.6 Å². The summed E-state index contributed by atoms with van der Waals surface area (Å²) in [5.74, 6) is 0. The zero-order valence-electron chi connectivity index (χ0n) is 12.3. The first-order chi connectivity index (χ1) is 9.99. The molecule has 1 atom stereocenters. The molecule has 1 N–H and O–H groups in total. The van der Waals surface area contributed by atoms with Crippen molar-refractivity contribution < 1.29 is 5.11 Å². The smallest absolute Gasteiger partial charge is 0.156 e. The third kappa shape index (κ3) is 2.33. The number of pyridine rings is 1. The van der Waals surface area contributed by atoms with Crippen molar-refractivity contribution >= 4 is 17.2 Å². The van der Waals surface area contributed by atoms with Crippen LogP contribution in [0, 0.1) is 13.8 Å². The quantitative estimate of drug-likeness (QED) is 0.765. The third-order valence-corrected chi connectivity index (χ3v) is 4.11. The van der Waals surface area contributed by atoms with Crippen molar-refractivity contribution in [3.05, 3.63) is 58.4 Å². The summed E-state index contributed by atoms with van der Waals surface area (Å²) in [7, 11) is 0. The van der Waals surface area contributed by atoms with Crippen LogP contribution in [0.4, 0.5) is 0 Å². The van der Waals surface area contributed by atoms with E-state index in [-0.39, 0.29) is 0 Å². The number of aliphatic hydroxyl groups is 1. The van der Waals surface area contributed by atoms with Crippen molar-refractivity contribution in [3.63, 3.8) is 0 Å². The number of rotatable bonds is 2. The monoisotopic (exact) mass is 300 g/mol. The van der Waals surface area contributed by atoms with Gasteiger partial charge in [0.25, 0.3) is 0 Å². The zero-order chi connectivity index (χ0) is 15.1. The van der Waals surface area contributed by atoms with Gasteiger partial charge in [0.05, 0.1) is 22.5 Å². The molecule has 0 amide bonds. The number of aliphatic hydroxyl groups excluding tert-OH is 1. The van der Waals surface area contributed by atoms with Crippen LogP contribution in [0.25, 0.3) is 16.9 Å². The van der Waals surface area contributed by atoms with E-state index in [9.17, 15) is 5.11 Å². The van der Waals surface area contributed by atoms with Crippen LogP contribution in [-0.4, -0.2) is 14.5 Å². The van der Waals surface area contributed by atoms with E-state index < -0.39 is 6.10 Å². The Labute approximate surface area is 128 Å². The number of aryl methyl sites for hydroxylation is 2. The van der Waals surface area contributed by atoms with Gasteiger partial charge in [0.15, 0.2) is 5.65 Å². The van der Waals surface area contributed by atoms with Gasteiger partial charge >= 0.3 is 0 Å². The van der Waals surface area contributed by atoms with Gasteiger partial charge in [-0.2, -0.15) is 0 Å². The van der Waals surface area contributed by atoms with Crippen LogP contribution >= 0.6 is 11.6 Å². The van der Waals surface area contributed by atoms with Crippen LogP contribution in [0.2, 0.25) is 5.02 Å². The molecular formula is C17H17ClN2O. The van der Waals surface area contributed by atoms with Crippen LogP contribution in [0.15, 0.2) is 36.5 Å². The second kappa shape index (κ2) is 5.17. The van der Waals surface area contributed by atoms with Gasteiger partial charge in [-0.15, -0.1) is 0 Å². The largest absolute Gasteiger partial charge is 0.387 e. The third-order valence-electron chi connectivity index (χ3n) is 3.82. The Morgan fingerprint density at radius 2 is 1.95 bits per heavy atom. The SMILES string of the molecule is Cc1ccc(-c2nc3c(Cl)cccn3c2C(C)O)cc1C. The van der Waals surface area contributed by atoms with Gasteiger partial charge in [-0.05, 0) is 50.1 Å². The number of fused-ring (bicyclic) bond motifs is 1. The predicted molar refractivity (Wildman–Crippen MR) is 85.7 cm³/mol. The van der Waals surface area contributed by atoms with Crippen molar-refractivity contribution in [2.45, 2.75) is 26.9 Å². The van der Waals surface area contributed by atoms with Crippen molar-refractivity contribution in [3.8, 4) is 11.3 Å². The molecule has 0 spiro atoms. The number of nitrogens with zero attached hydrogens (tertiary/aromatic N) is 2. The average molecular weight is 301 g/mol. The molecule has 0 saturated carbocycles. The lowest BCUT2D eigenvalue weighted by atomic mass is 10.0. The van der Waals surface area contributed by atoms with Crippen molar-refractivity contribution in [2.24, 2.45) is 0 Å². The van der Waals surface area contributed by atoms with Crippen LogP contribution in [-0.2, 0) is 0 Å². The summed E-state index contributed by atoms with van der Waals surface area (Å²) in [4.78, 5) is 4.65. The molecule has 3 nitrogen and oxygen atoms in total. The maximum absolute atomic E-state index is 10.2. The number of benzene rings is 1. The molecule has 0 aliphatic rings. The molecule has 108 valence electrons. The lowest BCUT2D eigenvalue weighted by molar-refractivity contribution is 0.194. The highest BCUT2D eigenvalue weighted by molar-refractivity contribution is 6.33. The number of aromatic nitrogens is 2. The van der Waals surface area contributed by atoms with Gasteiger partial charge in [0.1, 0.15) is 0 Å². The molecule has 0 bridgehead atoms. The number of imidazole rings is 1. The van der Waals surface area contributed by atoms with E-state index in [1.165, 1.54) is 11.1 Å². The Hall–Kier alpha value is -1.84. The van der Waals surface area contributed by atoms with Crippen molar-refractivity contribution in [1.29, 1.82) is 0 Å². The fourth-order valence-electron chi connectivity index (χ4n) is 2.55. The van der Waals surface area contributed by atoms with E-state index in [0.29, 0.717) is 10.7 Å². The molecule has 1 aromatic carbocycles. The highest BCUT2D eigenvalue weighted by Gasteiger charge is 2.19. The maximum Gasteiger partial charge on any atom is 0.156 e. The van der Waals surface area contributed by atoms with Crippen LogP contribution in [0.1, 0.15) is 29.8 Å². The van der Waals surface area contributed by atoms with Crippen LogP contribution < -0.4 is 0 Å². The number of hydrogen-bond acceptors (Lipinski definition) is 2. The standard InChI is InChI=1S/C17H17ClN2O/c1-10-6-7-13(9-11(10)2)15-16(12(3)21)20-8-4-5-14(18)17(20)19-15/h4-9,12,21H,1-3H3. The Morgan fingerprint density at radius 1 is 1.19 bits per heavy atom. The molecule has 2 heterocycles. The molecule has 0 fully saturated rings. The maximum atomic E-state index is 10.2. The minimum atomic E-state index is -0.630. The highest BCUT2D eigenvalue weighted by atomic mass is 35.5.